The summed E-state index contributed by atoms with van der Waals surface area (Å²) in [5, 5.41) is 6.92. The summed E-state index contributed by atoms with van der Waals surface area (Å²) < 4.78 is 5.54. The Kier molecular flexibility index (Phi) is 8.23. The van der Waals surface area contributed by atoms with E-state index in [1.165, 1.54) is 11.3 Å². The van der Waals surface area contributed by atoms with Gasteiger partial charge in [0.1, 0.15) is 5.69 Å². The van der Waals surface area contributed by atoms with Crippen molar-refractivity contribution in [1.29, 1.82) is 0 Å². The summed E-state index contributed by atoms with van der Waals surface area (Å²) in [6.45, 7) is 9.58. The molecule has 2 fully saturated rings. The number of benzene rings is 1. The van der Waals surface area contributed by atoms with E-state index in [-0.39, 0.29) is 11.7 Å². The Balaban J connectivity index is 1.51. The van der Waals surface area contributed by atoms with Gasteiger partial charge in [0.05, 0.1) is 0 Å². The minimum absolute atomic E-state index is 0.0955. The monoisotopic (exact) mass is 530 g/mol. The number of primary amides is 1. The fraction of sp³-hybridized carbons (Fsp3) is 0.448. The van der Waals surface area contributed by atoms with Crippen LogP contribution in [0.4, 0.5) is 23.0 Å². The van der Waals surface area contributed by atoms with E-state index in [0.29, 0.717) is 30.5 Å². The van der Waals surface area contributed by atoms with E-state index in [4.69, 9.17) is 20.4 Å². The van der Waals surface area contributed by atoms with Crippen LogP contribution in [0.25, 0.3) is 11.3 Å². The molecule has 1 amide bonds. The number of carbonyl (C=O) groups excluding carboxylic acids is 1. The van der Waals surface area contributed by atoms with E-state index >= 15 is 0 Å². The first-order chi connectivity index (χ1) is 18.9. The Morgan fingerprint density at radius 1 is 1.08 bits per heavy atom. The largest absolute Gasteiger partial charge is 0.381 e. The molecule has 0 saturated carbocycles. The van der Waals surface area contributed by atoms with Gasteiger partial charge >= 0.3 is 0 Å². The van der Waals surface area contributed by atoms with E-state index < -0.39 is 5.91 Å². The molecule has 4 N–H and O–H groups in total. The highest BCUT2D eigenvalue weighted by Crippen LogP contribution is 2.32. The van der Waals surface area contributed by atoms with Crippen molar-refractivity contribution in [2.75, 3.05) is 62.0 Å². The highest BCUT2D eigenvalue weighted by molar-refractivity contribution is 5.97. The van der Waals surface area contributed by atoms with Crippen LogP contribution >= 0.6 is 0 Å². The number of piperazine rings is 1. The van der Waals surface area contributed by atoms with Gasteiger partial charge in [-0.25, -0.2) is 9.97 Å². The number of hydrogen-bond acceptors (Lipinski definition) is 9. The van der Waals surface area contributed by atoms with Gasteiger partial charge in [-0.3, -0.25) is 9.78 Å². The first-order valence-electron chi connectivity index (χ1n) is 13.7. The number of likely N-dealkylation sites (N-methyl/N-ethyl adjacent to an activating group) is 1. The Morgan fingerprint density at radius 3 is 2.54 bits per heavy atom. The van der Waals surface area contributed by atoms with Crippen molar-refractivity contribution in [3.63, 3.8) is 0 Å². The highest BCUT2D eigenvalue weighted by Gasteiger charge is 2.23. The van der Waals surface area contributed by atoms with Gasteiger partial charge in [-0.1, -0.05) is 6.92 Å². The molecular formula is C29H38N8O2. The van der Waals surface area contributed by atoms with Gasteiger partial charge in [-0.2, -0.15) is 0 Å². The van der Waals surface area contributed by atoms with Crippen molar-refractivity contribution in [2.45, 2.75) is 39.2 Å². The fourth-order valence-corrected chi connectivity index (χ4v) is 5.16. The number of anilines is 4. The SMILES string of the molecule is CCc1cc(Nc2nc(NC3CCOCC3)c(-c3ccnc(C)c3)nc2C(N)=O)ccc1N1CCN(C)CC1. The second-order valence-electron chi connectivity index (χ2n) is 10.3. The van der Waals surface area contributed by atoms with Crippen molar-refractivity contribution >= 4 is 28.9 Å². The predicted molar refractivity (Wildman–Crippen MR) is 155 cm³/mol. The van der Waals surface area contributed by atoms with Crippen LogP contribution in [0.15, 0.2) is 36.5 Å². The molecule has 3 aromatic rings. The Labute approximate surface area is 230 Å². The number of nitrogens with zero attached hydrogens (tertiary/aromatic N) is 5. The van der Waals surface area contributed by atoms with Crippen LogP contribution in [0.2, 0.25) is 0 Å². The Hall–Kier alpha value is -3.76. The molecule has 0 atom stereocenters. The van der Waals surface area contributed by atoms with E-state index in [1.807, 2.05) is 25.1 Å². The summed E-state index contributed by atoms with van der Waals surface area (Å²) in [6.07, 6.45) is 4.35. The predicted octanol–water partition coefficient (Wildman–Crippen LogP) is 3.59. The zero-order valence-electron chi connectivity index (χ0n) is 23.0. The molecule has 2 saturated heterocycles. The number of amides is 1. The maximum atomic E-state index is 12.6. The number of aromatic nitrogens is 3. The van der Waals surface area contributed by atoms with E-state index in [9.17, 15) is 4.79 Å². The molecule has 0 unspecified atom stereocenters. The molecular weight excluding hydrogens is 492 g/mol. The van der Waals surface area contributed by atoms with Gasteiger partial charge in [-0.15, -0.1) is 0 Å². The summed E-state index contributed by atoms with van der Waals surface area (Å²) >= 11 is 0. The third-order valence-corrected chi connectivity index (χ3v) is 7.43. The number of aryl methyl sites for hydroxylation is 2. The summed E-state index contributed by atoms with van der Waals surface area (Å²) in [4.78, 5) is 31.4. The van der Waals surface area contributed by atoms with Crippen LogP contribution in [-0.4, -0.2) is 78.2 Å². The zero-order chi connectivity index (χ0) is 27.4. The Bertz CT molecular complexity index is 1320. The number of ether oxygens (including phenoxy) is 1. The van der Waals surface area contributed by atoms with Gasteiger partial charge in [0.15, 0.2) is 17.3 Å². The lowest BCUT2D eigenvalue weighted by Gasteiger charge is -2.35. The summed E-state index contributed by atoms with van der Waals surface area (Å²) in [6, 6.07) is 10.3. The summed E-state index contributed by atoms with van der Waals surface area (Å²) in [5.74, 6) is 0.296. The Morgan fingerprint density at radius 2 is 1.85 bits per heavy atom. The molecule has 0 aliphatic carbocycles. The zero-order valence-corrected chi connectivity index (χ0v) is 23.0. The van der Waals surface area contributed by atoms with Crippen LogP contribution < -0.4 is 21.3 Å². The average molecular weight is 531 g/mol. The molecule has 0 radical (unpaired) electrons. The van der Waals surface area contributed by atoms with Crippen LogP contribution in [0.5, 0.6) is 0 Å². The molecule has 1 aromatic carbocycles. The van der Waals surface area contributed by atoms with Gasteiger partial charge in [0, 0.05) is 74.3 Å². The lowest BCUT2D eigenvalue weighted by atomic mass is 10.1. The maximum Gasteiger partial charge on any atom is 0.271 e. The first kappa shape index (κ1) is 26.8. The van der Waals surface area contributed by atoms with Crippen LogP contribution in [-0.2, 0) is 11.2 Å². The van der Waals surface area contributed by atoms with Crippen molar-refractivity contribution < 1.29 is 9.53 Å². The van der Waals surface area contributed by atoms with Gasteiger partial charge < -0.3 is 30.9 Å². The van der Waals surface area contributed by atoms with Crippen molar-refractivity contribution in [3.05, 3.63) is 53.5 Å². The molecule has 2 aromatic heterocycles. The van der Waals surface area contributed by atoms with E-state index in [2.05, 4.69) is 51.5 Å². The first-order valence-corrected chi connectivity index (χ1v) is 13.7. The molecule has 206 valence electrons. The highest BCUT2D eigenvalue weighted by atomic mass is 16.5. The van der Waals surface area contributed by atoms with Crippen molar-refractivity contribution in [2.24, 2.45) is 5.73 Å². The third-order valence-electron chi connectivity index (χ3n) is 7.43. The normalized spacial score (nSPS) is 16.7. The number of nitrogens with two attached hydrogens (primary N) is 1. The lowest BCUT2D eigenvalue weighted by Crippen LogP contribution is -2.44. The van der Waals surface area contributed by atoms with Crippen LogP contribution in [0.1, 0.15) is 41.5 Å². The van der Waals surface area contributed by atoms with Crippen LogP contribution in [0.3, 0.4) is 0 Å². The minimum Gasteiger partial charge on any atom is -0.381 e. The number of nitrogens with one attached hydrogen (secondary N) is 2. The second-order valence-corrected chi connectivity index (χ2v) is 10.3. The second kappa shape index (κ2) is 12.0. The quantitative estimate of drug-likeness (QED) is 0.401. The molecule has 2 aliphatic heterocycles. The molecule has 5 rings (SSSR count). The lowest BCUT2D eigenvalue weighted by molar-refractivity contribution is 0.0904. The summed E-state index contributed by atoms with van der Waals surface area (Å²) in [5.41, 5.74) is 11.5. The third kappa shape index (κ3) is 6.29. The number of carbonyl (C=O) groups is 1. The number of rotatable bonds is 8. The molecule has 2 aliphatic rings. The standard InChI is InChI=1S/C29H38N8O2/c1-4-20-18-23(5-6-24(20)37-13-11-36(3)12-14-37)33-29-26(27(30)38)34-25(21-7-10-31-19(2)17-21)28(35-29)32-22-8-15-39-16-9-22/h5-7,10,17-18,22H,4,8-9,11-16H2,1-3H3,(H2,30,38)(H2,32,33,35). The fourth-order valence-electron chi connectivity index (χ4n) is 5.16. The van der Waals surface area contributed by atoms with E-state index in [1.54, 1.807) is 6.20 Å². The van der Waals surface area contributed by atoms with Crippen LogP contribution in [0, 0.1) is 6.92 Å². The minimum atomic E-state index is -0.639. The molecule has 10 nitrogen and oxygen atoms in total. The van der Waals surface area contributed by atoms with Crippen molar-refractivity contribution in [3.8, 4) is 11.3 Å². The van der Waals surface area contributed by atoms with Gasteiger partial charge in [0.2, 0.25) is 0 Å². The average Bonchev–Trinajstić information content (AvgIpc) is 2.94. The topological polar surface area (TPSA) is 122 Å². The molecule has 0 bridgehead atoms. The number of pyridine rings is 1. The molecule has 4 heterocycles. The molecule has 0 spiro atoms. The van der Waals surface area contributed by atoms with E-state index in [0.717, 1.165) is 62.4 Å². The molecule has 39 heavy (non-hydrogen) atoms. The summed E-state index contributed by atoms with van der Waals surface area (Å²) in [7, 11) is 2.16. The van der Waals surface area contributed by atoms with Gasteiger partial charge in [-0.05, 0) is 69.1 Å². The smallest absolute Gasteiger partial charge is 0.271 e. The molecule has 10 heteroatoms. The number of hydrogen-bond donors (Lipinski definition) is 3. The van der Waals surface area contributed by atoms with Gasteiger partial charge in [0.25, 0.3) is 5.91 Å². The maximum absolute atomic E-state index is 12.6. The van der Waals surface area contributed by atoms with Crippen molar-refractivity contribution in [1.82, 2.24) is 19.9 Å².